The van der Waals surface area contributed by atoms with Gasteiger partial charge < -0.3 is 9.80 Å². The molecule has 2 aliphatic rings. The van der Waals surface area contributed by atoms with E-state index < -0.39 is 0 Å². The molecule has 134 valence electrons. The van der Waals surface area contributed by atoms with Gasteiger partial charge in [0.05, 0.1) is 5.25 Å². The van der Waals surface area contributed by atoms with Crippen molar-refractivity contribution in [2.75, 3.05) is 31.1 Å². The Labute approximate surface area is 158 Å². The lowest BCUT2D eigenvalue weighted by molar-refractivity contribution is -0.117. The summed E-state index contributed by atoms with van der Waals surface area (Å²) in [5.74, 6) is 0.0102. The molecule has 1 amide bonds. The van der Waals surface area contributed by atoms with E-state index in [2.05, 4.69) is 70.2 Å². The third kappa shape index (κ3) is 3.78. The number of benzene rings is 2. The summed E-state index contributed by atoms with van der Waals surface area (Å²) in [4.78, 5) is 21.3. The Morgan fingerprint density at radius 3 is 2.31 bits per heavy atom. The summed E-state index contributed by atoms with van der Waals surface area (Å²) in [5.41, 5.74) is 3.71. The first kappa shape index (κ1) is 17.2. The van der Waals surface area contributed by atoms with Crippen molar-refractivity contribution in [3.05, 3.63) is 65.7 Å². The topological polar surface area (TPSA) is 35.9 Å². The van der Waals surface area contributed by atoms with Gasteiger partial charge in [-0.3, -0.25) is 4.79 Å². The second-order valence-corrected chi connectivity index (χ2v) is 8.01. The third-order valence-electron chi connectivity index (χ3n) is 4.94. The van der Waals surface area contributed by atoms with E-state index >= 15 is 0 Å². The molecule has 2 aromatic rings. The van der Waals surface area contributed by atoms with Gasteiger partial charge >= 0.3 is 0 Å². The minimum Gasteiger partial charge on any atom is -0.368 e. The second-order valence-electron chi connectivity index (χ2n) is 6.84. The van der Waals surface area contributed by atoms with Gasteiger partial charge in [0.25, 0.3) is 5.91 Å². The van der Waals surface area contributed by atoms with Gasteiger partial charge in [0, 0.05) is 31.9 Å². The Bertz CT molecular complexity index is 796. The van der Waals surface area contributed by atoms with Crippen LogP contribution in [0.5, 0.6) is 0 Å². The van der Waals surface area contributed by atoms with Crippen molar-refractivity contribution >= 4 is 28.5 Å². The average Bonchev–Trinajstić information content (AvgIpc) is 3.05. The number of nitrogens with zero attached hydrogens (tertiary/aromatic N) is 3. The van der Waals surface area contributed by atoms with Gasteiger partial charge in [0.1, 0.15) is 0 Å². The smallest absolute Gasteiger partial charge is 0.262 e. The maximum Gasteiger partial charge on any atom is 0.262 e. The SMILES string of the molecule is Cc1ccc(CC2SC(N3CCN(c4ccccc4)CC3)=NC2=O)cc1. The minimum atomic E-state index is -0.0835. The van der Waals surface area contributed by atoms with Crippen LogP contribution >= 0.6 is 11.8 Å². The van der Waals surface area contributed by atoms with Gasteiger partial charge in [0.15, 0.2) is 5.17 Å². The normalized spacial score (nSPS) is 20.4. The number of rotatable bonds is 3. The summed E-state index contributed by atoms with van der Waals surface area (Å²) in [6.45, 7) is 5.81. The molecule has 0 spiro atoms. The van der Waals surface area contributed by atoms with Crippen LogP contribution in [0.2, 0.25) is 0 Å². The summed E-state index contributed by atoms with van der Waals surface area (Å²) in [7, 11) is 0. The first-order chi connectivity index (χ1) is 12.7. The van der Waals surface area contributed by atoms with Crippen LogP contribution in [0.4, 0.5) is 5.69 Å². The molecule has 0 N–H and O–H groups in total. The molecule has 1 unspecified atom stereocenters. The molecule has 0 aromatic heterocycles. The van der Waals surface area contributed by atoms with Gasteiger partial charge in [0.2, 0.25) is 0 Å². The van der Waals surface area contributed by atoms with Gasteiger partial charge in [-0.05, 0) is 31.0 Å². The van der Waals surface area contributed by atoms with Crippen molar-refractivity contribution in [3.8, 4) is 0 Å². The van der Waals surface area contributed by atoms with Crippen molar-refractivity contribution in [3.63, 3.8) is 0 Å². The van der Waals surface area contributed by atoms with Crippen LogP contribution in [0, 0.1) is 6.92 Å². The molecule has 2 aliphatic heterocycles. The minimum absolute atomic E-state index is 0.0102. The fraction of sp³-hybridized carbons (Fsp3) is 0.333. The van der Waals surface area contributed by atoms with Gasteiger partial charge in [-0.1, -0.05) is 59.8 Å². The molecular weight excluding hydrogens is 342 g/mol. The lowest BCUT2D eigenvalue weighted by Gasteiger charge is -2.36. The van der Waals surface area contributed by atoms with Crippen LogP contribution < -0.4 is 4.90 Å². The highest BCUT2D eigenvalue weighted by Crippen LogP contribution is 2.29. The second kappa shape index (κ2) is 7.54. The highest BCUT2D eigenvalue weighted by Gasteiger charge is 2.32. The summed E-state index contributed by atoms with van der Waals surface area (Å²) in [6.07, 6.45) is 0.751. The van der Waals surface area contributed by atoms with E-state index in [4.69, 9.17) is 0 Å². The summed E-state index contributed by atoms with van der Waals surface area (Å²) in [6, 6.07) is 18.9. The Hall–Kier alpha value is -2.27. The molecule has 26 heavy (non-hydrogen) atoms. The standard InChI is InChI=1S/C21H23N3OS/c1-16-7-9-17(10-8-16)15-19-20(25)22-21(26-19)24-13-11-23(12-14-24)18-5-3-2-4-6-18/h2-10,19H,11-15H2,1H3. The lowest BCUT2D eigenvalue weighted by atomic mass is 10.1. The maximum atomic E-state index is 12.3. The number of anilines is 1. The zero-order valence-electron chi connectivity index (χ0n) is 15.0. The van der Waals surface area contributed by atoms with Crippen molar-refractivity contribution < 1.29 is 4.79 Å². The molecular formula is C21H23N3OS. The van der Waals surface area contributed by atoms with Gasteiger partial charge in [-0.2, -0.15) is 4.99 Å². The average molecular weight is 366 g/mol. The number of carbonyl (C=O) groups excluding carboxylic acids is 1. The molecule has 0 aliphatic carbocycles. The summed E-state index contributed by atoms with van der Waals surface area (Å²) in [5, 5.41) is 0.819. The number of hydrogen-bond acceptors (Lipinski definition) is 4. The van der Waals surface area contributed by atoms with E-state index in [9.17, 15) is 4.79 Å². The number of aryl methyl sites for hydroxylation is 1. The molecule has 2 aromatic carbocycles. The van der Waals surface area contributed by atoms with Crippen molar-refractivity contribution in [1.82, 2.24) is 4.90 Å². The van der Waals surface area contributed by atoms with E-state index in [1.54, 1.807) is 11.8 Å². The van der Waals surface area contributed by atoms with Crippen LogP contribution in [0.15, 0.2) is 59.6 Å². The molecule has 0 saturated carbocycles. The van der Waals surface area contributed by atoms with Gasteiger partial charge in [-0.25, -0.2) is 0 Å². The number of thioether (sulfide) groups is 1. The first-order valence-electron chi connectivity index (χ1n) is 9.09. The zero-order chi connectivity index (χ0) is 17.9. The monoisotopic (exact) mass is 365 g/mol. The summed E-state index contributed by atoms with van der Waals surface area (Å²) < 4.78 is 0. The predicted molar refractivity (Wildman–Crippen MR) is 109 cm³/mol. The van der Waals surface area contributed by atoms with Crippen LogP contribution in [0.1, 0.15) is 11.1 Å². The van der Waals surface area contributed by atoms with Crippen LogP contribution in [0.3, 0.4) is 0 Å². The predicted octanol–water partition coefficient (Wildman–Crippen LogP) is 3.36. The molecule has 1 atom stereocenters. The number of amides is 1. The zero-order valence-corrected chi connectivity index (χ0v) is 15.8. The third-order valence-corrected chi connectivity index (χ3v) is 6.16. The molecule has 1 fully saturated rings. The molecule has 2 heterocycles. The van der Waals surface area contributed by atoms with E-state index in [0.29, 0.717) is 0 Å². The Morgan fingerprint density at radius 2 is 1.62 bits per heavy atom. The fourth-order valence-electron chi connectivity index (χ4n) is 3.38. The van der Waals surface area contributed by atoms with E-state index in [0.717, 1.165) is 37.8 Å². The molecule has 0 bridgehead atoms. The maximum absolute atomic E-state index is 12.3. The molecule has 4 nitrogen and oxygen atoms in total. The number of hydrogen-bond donors (Lipinski definition) is 0. The van der Waals surface area contributed by atoms with E-state index in [-0.39, 0.29) is 11.2 Å². The fourth-order valence-corrected chi connectivity index (χ4v) is 4.54. The quantitative estimate of drug-likeness (QED) is 0.836. The van der Waals surface area contributed by atoms with Crippen LogP contribution in [-0.4, -0.2) is 47.4 Å². The van der Waals surface area contributed by atoms with E-state index in [1.807, 2.05) is 6.07 Å². The Morgan fingerprint density at radius 1 is 0.962 bits per heavy atom. The Kier molecular flexibility index (Phi) is 4.98. The van der Waals surface area contributed by atoms with Crippen molar-refractivity contribution in [2.45, 2.75) is 18.6 Å². The largest absolute Gasteiger partial charge is 0.368 e. The van der Waals surface area contributed by atoms with Crippen LogP contribution in [-0.2, 0) is 11.2 Å². The molecule has 4 rings (SSSR count). The molecule has 5 heteroatoms. The van der Waals surface area contributed by atoms with Crippen molar-refractivity contribution in [2.24, 2.45) is 4.99 Å². The lowest BCUT2D eigenvalue weighted by Crippen LogP contribution is -2.47. The number of carbonyl (C=O) groups is 1. The number of para-hydroxylation sites is 1. The molecule has 1 saturated heterocycles. The highest BCUT2D eigenvalue weighted by molar-refractivity contribution is 8.15. The van der Waals surface area contributed by atoms with Gasteiger partial charge in [-0.15, -0.1) is 0 Å². The first-order valence-corrected chi connectivity index (χ1v) is 9.97. The number of amidine groups is 1. The molecule has 0 radical (unpaired) electrons. The van der Waals surface area contributed by atoms with E-state index in [1.165, 1.54) is 16.8 Å². The summed E-state index contributed by atoms with van der Waals surface area (Å²) >= 11 is 1.63. The highest BCUT2D eigenvalue weighted by atomic mass is 32.2. The Balaban J connectivity index is 1.34. The number of piperazine rings is 1. The van der Waals surface area contributed by atoms with Crippen LogP contribution in [0.25, 0.3) is 0 Å². The number of aliphatic imine (C=N–C) groups is 1. The van der Waals surface area contributed by atoms with Crippen molar-refractivity contribution in [1.29, 1.82) is 0 Å².